The molecule has 116 valence electrons. The number of hydrogen-bond donors (Lipinski definition) is 1. The molecule has 5 nitrogen and oxygen atoms in total. The molecule has 0 radical (unpaired) electrons. The highest BCUT2D eigenvalue weighted by Gasteiger charge is 2.17. The quantitative estimate of drug-likeness (QED) is 0.475. The first kappa shape index (κ1) is 15.6. The molecule has 0 aliphatic heterocycles. The van der Waals surface area contributed by atoms with Gasteiger partial charge in [0.2, 0.25) is 0 Å². The molecule has 0 saturated heterocycles. The fourth-order valence-electron chi connectivity index (χ4n) is 2.74. The van der Waals surface area contributed by atoms with Crippen molar-refractivity contribution in [3.63, 3.8) is 0 Å². The van der Waals surface area contributed by atoms with Crippen molar-refractivity contribution in [2.45, 2.75) is 57.9 Å². The molecule has 1 N–H and O–H groups in total. The van der Waals surface area contributed by atoms with E-state index < -0.39 is 0 Å². The summed E-state index contributed by atoms with van der Waals surface area (Å²) in [7, 11) is 0. The van der Waals surface area contributed by atoms with Crippen LogP contribution in [0.25, 0.3) is 0 Å². The van der Waals surface area contributed by atoms with Crippen LogP contribution in [0.15, 0.2) is 18.2 Å². The van der Waals surface area contributed by atoms with Crippen LogP contribution in [-0.2, 0) is 0 Å². The summed E-state index contributed by atoms with van der Waals surface area (Å²) < 4.78 is 5.52. The number of nitrogens with zero attached hydrogens (tertiary/aromatic N) is 1. The van der Waals surface area contributed by atoms with Crippen LogP contribution in [0, 0.1) is 10.1 Å². The van der Waals surface area contributed by atoms with Crippen molar-refractivity contribution >= 4 is 11.4 Å². The van der Waals surface area contributed by atoms with E-state index in [1.54, 1.807) is 12.1 Å². The fourth-order valence-corrected chi connectivity index (χ4v) is 2.74. The minimum absolute atomic E-state index is 0.0369. The summed E-state index contributed by atoms with van der Waals surface area (Å²) in [6, 6.07) is 5.54. The van der Waals surface area contributed by atoms with Crippen LogP contribution >= 0.6 is 0 Å². The molecule has 0 bridgehead atoms. The Labute approximate surface area is 125 Å². The van der Waals surface area contributed by atoms with Gasteiger partial charge in [-0.1, -0.05) is 32.6 Å². The minimum Gasteiger partial charge on any atom is -0.487 e. The SMILES string of the molecule is CCCOc1cc(NC2CCCCCC2)ccc1[N+](=O)[O-]. The highest BCUT2D eigenvalue weighted by Crippen LogP contribution is 2.31. The molecule has 2 rings (SSSR count). The van der Waals surface area contributed by atoms with Gasteiger partial charge in [-0.3, -0.25) is 10.1 Å². The second-order valence-corrected chi connectivity index (χ2v) is 5.62. The van der Waals surface area contributed by atoms with Crippen LogP contribution < -0.4 is 10.1 Å². The van der Waals surface area contributed by atoms with Crippen molar-refractivity contribution in [2.24, 2.45) is 0 Å². The largest absolute Gasteiger partial charge is 0.487 e. The maximum atomic E-state index is 11.0. The molecule has 0 spiro atoms. The molecular weight excluding hydrogens is 268 g/mol. The van der Waals surface area contributed by atoms with E-state index in [4.69, 9.17) is 4.74 Å². The van der Waals surface area contributed by atoms with Gasteiger partial charge in [-0.05, 0) is 25.3 Å². The van der Waals surface area contributed by atoms with Crippen molar-refractivity contribution in [2.75, 3.05) is 11.9 Å². The third-order valence-corrected chi connectivity index (χ3v) is 3.84. The summed E-state index contributed by atoms with van der Waals surface area (Å²) in [6.45, 7) is 2.48. The summed E-state index contributed by atoms with van der Waals surface area (Å²) in [5, 5.41) is 14.5. The van der Waals surface area contributed by atoms with Gasteiger partial charge in [-0.15, -0.1) is 0 Å². The van der Waals surface area contributed by atoms with Crippen LogP contribution in [0.1, 0.15) is 51.9 Å². The Morgan fingerprint density at radius 3 is 2.62 bits per heavy atom. The number of benzene rings is 1. The average molecular weight is 292 g/mol. The zero-order valence-electron chi connectivity index (χ0n) is 12.6. The molecule has 1 aliphatic carbocycles. The number of ether oxygens (including phenoxy) is 1. The predicted octanol–water partition coefficient (Wildman–Crippen LogP) is 4.52. The highest BCUT2D eigenvalue weighted by atomic mass is 16.6. The number of rotatable bonds is 6. The lowest BCUT2D eigenvalue weighted by Gasteiger charge is -2.18. The summed E-state index contributed by atoms with van der Waals surface area (Å²) in [5.74, 6) is 0.362. The Morgan fingerprint density at radius 1 is 1.29 bits per heavy atom. The standard InChI is InChI=1S/C16H24N2O3/c1-2-11-21-16-12-14(9-10-15(16)18(19)20)17-13-7-5-3-4-6-8-13/h9-10,12-13,17H,2-8,11H2,1H3. The lowest BCUT2D eigenvalue weighted by Crippen LogP contribution is -2.18. The maximum Gasteiger partial charge on any atom is 0.311 e. The van der Waals surface area contributed by atoms with Crippen molar-refractivity contribution in [3.05, 3.63) is 28.3 Å². The Morgan fingerprint density at radius 2 is 2.00 bits per heavy atom. The van der Waals surface area contributed by atoms with Crippen LogP contribution in [0.5, 0.6) is 5.75 Å². The Kier molecular flexibility index (Phi) is 5.84. The summed E-state index contributed by atoms with van der Waals surface area (Å²) in [6.07, 6.45) is 8.29. The summed E-state index contributed by atoms with van der Waals surface area (Å²) in [4.78, 5) is 10.6. The van der Waals surface area contributed by atoms with Crippen LogP contribution in [-0.4, -0.2) is 17.6 Å². The van der Waals surface area contributed by atoms with Crippen LogP contribution in [0.4, 0.5) is 11.4 Å². The van der Waals surface area contributed by atoms with Crippen molar-refractivity contribution in [3.8, 4) is 5.75 Å². The molecular formula is C16H24N2O3. The molecule has 0 heterocycles. The third kappa shape index (κ3) is 4.62. The predicted molar refractivity (Wildman–Crippen MR) is 84.0 cm³/mol. The van der Waals surface area contributed by atoms with Crippen molar-refractivity contribution in [1.82, 2.24) is 0 Å². The molecule has 1 aliphatic rings. The minimum atomic E-state index is -0.388. The molecule has 1 fully saturated rings. The van der Waals surface area contributed by atoms with E-state index in [1.165, 1.54) is 44.6 Å². The highest BCUT2D eigenvalue weighted by molar-refractivity contribution is 5.58. The first-order valence-electron chi connectivity index (χ1n) is 7.88. The number of hydrogen-bond acceptors (Lipinski definition) is 4. The zero-order chi connectivity index (χ0) is 15.1. The van der Waals surface area contributed by atoms with Gasteiger partial charge in [0.1, 0.15) is 0 Å². The lowest BCUT2D eigenvalue weighted by atomic mass is 10.1. The number of nitro groups is 1. The van der Waals surface area contributed by atoms with E-state index in [0.29, 0.717) is 18.4 Å². The Bertz CT molecular complexity index is 469. The average Bonchev–Trinajstić information content (AvgIpc) is 2.73. The van der Waals surface area contributed by atoms with E-state index in [2.05, 4.69) is 5.32 Å². The molecule has 0 atom stereocenters. The van der Waals surface area contributed by atoms with Crippen molar-refractivity contribution in [1.29, 1.82) is 0 Å². The van der Waals surface area contributed by atoms with E-state index in [-0.39, 0.29) is 10.6 Å². The molecule has 1 saturated carbocycles. The Balaban J connectivity index is 2.10. The molecule has 1 aromatic rings. The first-order chi connectivity index (χ1) is 10.2. The van der Waals surface area contributed by atoms with Gasteiger partial charge in [0.05, 0.1) is 11.5 Å². The van der Waals surface area contributed by atoms with Crippen LogP contribution in [0.3, 0.4) is 0 Å². The van der Waals surface area contributed by atoms with Gasteiger partial charge >= 0.3 is 5.69 Å². The van der Waals surface area contributed by atoms with Crippen LogP contribution in [0.2, 0.25) is 0 Å². The second kappa shape index (κ2) is 7.86. The Hall–Kier alpha value is -1.78. The van der Waals surface area contributed by atoms with Crippen molar-refractivity contribution < 1.29 is 9.66 Å². The fraction of sp³-hybridized carbons (Fsp3) is 0.625. The zero-order valence-corrected chi connectivity index (χ0v) is 12.6. The van der Waals surface area contributed by atoms with E-state index in [0.717, 1.165) is 12.1 Å². The monoisotopic (exact) mass is 292 g/mol. The number of nitrogens with one attached hydrogen (secondary N) is 1. The second-order valence-electron chi connectivity index (χ2n) is 5.62. The summed E-state index contributed by atoms with van der Waals surface area (Å²) in [5.41, 5.74) is 0.952. The molecule has 5 heteroatoms. The molecule has 1 aromatic carbocycles. The smallest absolute Gasteiger partial charge is 0.311 e. The third-order valence-electron chi connectivity index (χ3n) is 3.84. The van der Waals surface area contributed by atoms with E-state index in [9.17, 15) is 10.1 Å². The number of nitro benzene ring substituents is 1. The first-order valence-corrected chi connectivity index (χ1v) is 7.88. The van der Waals surface area contributed by atoms with E-state index >= 15 is 0 Å². The van der Waals surface area contributed by atoms with Gasteiger partial charge in [0, 0.05) is 23.9 Å². The van der Waals surface area contributed by atoms with Gasteiger partial charge in [0.15, 0.2) is 5.75 Å². The van der Waals surface area contributed by atoms with E-state index in [1.807, 2.05) is 6.92 Å². The van der Waals surface area contributed by atoms with Gasteiger partial charge < -0.3 is 10.1 Å². The molecule has 21 heavy (non-hydrogen) atoms. The van der Waals surface area contributed by atoms with Gasteiger partial charge in [-0.25, -0.2) is 0 Å². The van der Waals surface area contributed by atoms with Gasteiger partial charge in [-0.2, -0.15) is 0 Å². The number of anilines is 1. The molecule has 0 unspecified atom stereocenters. The normalized spacial score (nSPS) is 16.2. The summed E-state index contributed by atoms with van der Waals surface area (Å²) >= 11 is 0. The topological polar surface area (TPSA) is 64.4 Å². The maximum absolute atomic E-state index is 11.0. The molecule has 0 aromatic heterocycles. The molecule has 0 amide bonds. The lowest BCUT2D eigenvalue weighted by molar-refractivity contribution is -0.385. The van der Waals surface area contributed by atoms with Gasteiger partial charge in [0.25, 0.3) is 0 Å².